The molecule has 1 unspecified atom stereocenters. The molecule has 1 atom stereocenters. The Kier molecular flexibility index (Phi) is 4.86. The first-order chi connectivity index (χ1) is 8.95. The highest BCUT2D eigenvalue weighted by molar-refractivity contribution is 6.06. The molecule has 0 radical (unpaired) electrons. The number of oxime groups is 1. The summed E-state index contributed by atoms with van der Waals surface area (Å²) in [5.74, 6) is -0.357. The maximum absolute atomic E-state index is 12.2. The third kappa shape index (κ3) is 3.21. The monoisotopic (exact) mass is 264 g/mol. The third-order valence-corrected chi connectivity index (χ3v) is 3.47. The molecular formula is C13H20N4O2. The molecule has 1 amide bonds. The maximum atomic E-state index is 12.2. The minimum absolute atomic E-state index is 0.0876. The van der Waals surface area contributed by atoms with Crippen LogP contribution in [0, 0.1) is 12.3 Å². The van der Waals surface area contributed by atoms with Gasteiger partial charge in [0.15, 0.2) is 5.84 Å². The molecule has 1 rings (SSSR count). The number of aromatic nitrogens is 1. The average Bonchev–Trinajstić information content (AvgIpc) is 2.44. The number of carbonyl (C=O) groups excluding carboxylic acids is 1. The van der Waals surface area contributed by atoms with Crippen LogP contribution in [-0.2, 0) is 11.3 Å². The fourth-order valence-electron chi connectivity index (χ4n) is 1.62. The molecular weight excluding hydrogens is 244 g/mol. The number of rotatable bonds is 5. The number of hydrogen-bond acceptors (Lipinski definition) is 4. The number of amides is 1. The number of hydrogen-bond donors (Lipinski definition) is 3. The van der Waals surface area contributed by atoms with E-state index in [0.717, 1.165) is 11.1 Å². The SMILES string of the molecule is CCC(C)(C(=O)NCc1cnccc1C)/C(N)=N/O. The van der Waals surface area contributed by atoms with Crippen molar-refractivity contribution in [2.45, 2.75) is 33.7 Å². The Hall–Kier alpha value is -2.11. The molecule has 0 fully saturated rings. The number of carbonyl (C=O) groups is 1. The van der Waals surface area contributed by atoms with Gasteiger partial charge in [0.05, 0.1) is 0 Å². The first-order valence-corrected chi connectivity index (χ1v) is 6.11. The summed E-state index contributed by atoms with van der Waals surface area (Å²) in [6.07, 6.45) is 3.86. The van der Waals surface area contributed by atoms with Crippen LogP contribution >= 0.6 is 0 Å². The summed E-state index contributed by atoms with van der Waals surface area (Å²) in [5, 5.41) is 14.5. The summed E-state index contributed by atoms with van der Waals surface area (Å²) in [6.45, 7) is 5.78. The zero-order chi connectivity index (χ0) is 14.5. The molecule has 0 aromatic carbocycles. The van der Waals surface area contributed by atoms with Crippen molar-refractivity contribution in [2.24, 2.45) is 16.3 Å². The fourth-order valence-corrected chi connectivity index (χ4v) is 1.62. The molecule has 1 aromatic rings. The van der Waals surface area contributed by atoms with Crippen molar-refractivity contribution in [2.75, 3.05) is 0 Å². The third-order valence-electron chi connectivity index (χ3n) is 3.47. The van der Waals surface area contributed by atoms with E-state index in [1.165, 1.54) is 0 Å². The molecule has 6 nitrogen and oxygen atoms in total. The van der Waals surface area contributed by atoms with Crippen LogP contribution in [0.5, 0.6) is 0 Å². The second-order valence-corrected chi connectivity index (χ2v) is 4.66. The van der Waals surface area contributed by atoms with Crippen LogP contribution in [0.3, 0.4) is 0 Å². The van der Waals surface area contributed by atoms with Gasteiger partial charge in [-0.05, 0) is 37.5 Å². The molecule has 0 saturated carbocycles. The van der Waals surface area contributed by atoms with Crippen molar-refractivity contribution in [1.29, 1.82) is 0 Å². The summed E-state index contributed by atoms with van der Waals surface area (Å²) >= 11 is 0. The molecule has 19 heavy (non-hydrogen) atoms. The van der Waals surface area contributed by atoms with Gasteiger partial charge in [0.1, 0.15) is 5.41 Å². The first kappa shape index (κ1) is 14.9. The topological polar surface area (TPSA) is 101 Å². The highest BCUT2D eigenvalue weighted by Crippen LogP contribution is 2.21. The first-order valence-electron chi connectivity index (χ1n) is 6.11. The van der Waals surface area contributed by atoms with E-state index in [1.807, 2.05) is 19.9 Å². The highest BCUT2D eigenvalue weighted by atomic mass is 16.4. The highest BCUT2D eigenvalue weighted by Gasteiger charge is 2.36. The van der Waals surface area contributed by atoms with E-state index < -0.39 is 5.41 Å². The van der Waals surface area contributed by atoms with Crippen molar-refractivity contribution in [3.05, 3.63) is 29.6 Å². The fraction of sp³-hybridized carbons (Fsp3) is 0.462. The van der Waals surface area contributed by atoms with Crippen molar-refractivity contribution in [3.63, 3.8) is 0 Å². The number of pyridine rings is 1. The Balaban J connectivity index is 2.78. The minimum Gasteiger partial charge on any atom is -0.409 e. The van der Waals surface area contributed by atoms with E-state index in [0.29, 0.717) is 13.0 Å². The molecule has 0 aliphatic rings. The van der Waals surface area contributed by atoms with Crippen molar-refractivity contribution in [1.82, 2.24) is 10.3 Å². The Morgan fingerprint density at radius 3 is 2.84 bits per heavy atom. The predicted molar refractivity (Wildman–Crippen MR) is 72.6 cm³/mol. The smallest absolute Gasteiger partial charge is 0.233 e. The Morgan fingerprint density at radius 2 is 2.32 bits per heavy atom. The Morgan fingerprint density at radius 1 is 1.63 bits per heavy atom. The van der Waals surface area contributed by atoms with E-state index >= 15 is 0 Å². The molecule has 0 aliphatic heterocycles. The zero-order valence-electron chi connectivity index (χ0n) is 11.5. The summed E-state index contributed by atoms with van der Waals surface area (Å²) in [6, 6.07) is 1.88. The van der Waals surface area contributed by atoms with E-state index in [-0.39, 0.29) is 11.7 Å². The lowest BCUT2D eigenvalue weighted by Gasteiger charge is -2.25. The summed E-state index contributed by atoms with van der Waals surface area (Å²) in [5.41, 5.74) is 6.57. The van der Waals surface area contributed by atoms with Gasteiger partial charge in [-0.3, -0.25) is 9.78 Å². The standard InChI is InChI=1S/C13H20N4O2/c1-4-13(3,11(14)17-19)12(18)16-8-10-7-15-6-5-9(10)2/h5-7,19H,4,8H2,1-3H3,(H2,14,17)(H,16,18). The normalized spacial score (nSPS) is 14.8. The summed E-state index contributed by atoms with van der Waals surface area (Å²) < 4.78 is 0. The van der Waals surface area contributed by atoms with Crippen LogP contribution in [0.25, 0.3) is 0 Å². The largest absolute Gasteiger partial charge is 0.409 e. The van der Waals surface area contributed by atoms with Crippen LogP contribution in [0.1, 0.15) is 31.4 Å². The van der Waals surface area contributed by atoms with E-state index in [1.54, 1.807) is 19.3 Å². The number of nitrogens with two attached hydrogens (primary N) is 1. The van der Waals surface area contributed by atoms with Gasteiger partial charge in [0, 0.05) is 18.9 Å². The Labute approximate surface area is 112 Å². The van der Waals surface area contributed by atoms with Gasteiger partial charge in [0.25, 0.3) is 0 Å². The van der Waals surface area contributed by atoms with E-state index in [9.17, 15) is 4.79 Å². The Bertz CT molecular complexity index is 487. The zero-order valence-corrected chi connectivity index (χ0v) is 11.5. The quantitative estimate of drug-likeness (QED) is 0.321. The molecule has 4 N–H and O–H groups in total. The van der Waals surface area contributed by atoms with Crippen LogP contribution in [-0.4, -0.2) is 21.9 Å². The van der Waals surface area contributed by atoms with Gasteiger partial charge in [-0.1, -0.05) is 12.1 Å². The average molecular weight is 264 g/mol. The maximum Gasteiger partial charge on any atom is 0.233 e. The lowest BCUT2D eigenvalue weighted by Crippen LogP contribution is -2.47. The van der Waals surface area contributed by atoms with Crippen molar-refractivity contribution >= 4 is 11.7 Å². The molecule has 104 valence electrons. The number of aryl methyl sites for hydroxylation is 1. The molecule has 0 aliphatic carbocycles. The van der Waals surface area contributed by atoms with Gasteiger partial charge in [0.2, 0.25) is 5.91 Å². The molecule has 0 spiro atoms. The molecule has 6 heteroatoms. The minimum atomic E-state index is -1.01. The molecule has 1 aromatic heterocycles. The van der Waals surface area contributed by atoms with Crippen LogP contribution in [0.15, 0.2) is 23.6 Å². The van der Waals surface area contributed by atoms with Gasteiger partial charge < -0.3 is 16.3 Å². The van der Waals surface area contributed by atoms with Crippen molar-refractivity contribution < 1.29 is 10.0 Å². The summed E-state index contributed by atoms with van der Waals surface area (Å²) in [4.78, 5) is 16.2. The van der Waals surface area contributed by atoms with Crippen LogP contribution in [0.4, 0.5) is 0 Å². The van der Waals surface area contributed by atoms with Gasteiger partial charge in [-0.25, -0.2) is 0 Å². The van der Waals surface area contributed by atoms with Crippen molar-refractivity contribution in [3.8, 4) is 0 Å². The molecule has 0 saturated heterocycles. The van der Waals surface area contributed by atoms with Crippen LogP contribution < -0.4 is 11.1 Å². The lowest BCUT2D eigenvalue weighted by molar-refractivity contribution is -0.127. The summed E-state index contributed by atoms with van der Waals surface area (Å²) in [7, 11) is 0. The van der Waals surface area contributed by atoms with Gasteiger partial charge in [-0.15, -0.1) is 0 Å². The molecule has 0 bridgehead atoms. The number of nitrogens with one attached hydrogen (secondary N) is 1. The molecule has 1 heterocycles. The van der Waals surface area contributed by atoms with Gasteiger partial charge >= 0.3 is 0 Å². The van der Waals surface area contributed by atoms with Gasteiger partial charge in [-0.2, -0.15) is 0 Å². The van der Waals surface area contributed by atoms with E-state index in [2.05, 4.69) is 15.5 Å². The predicted octanol–water partition coefficient (Wildman–Crippen LogP) is 1.17. The van der Waals surface area contributed by atoms with E-state index in [4.69, 9.17) is 10.9 Å². The second-order valence-electron chi connectivity index (χ2n) is 4.66. The second kappa shape index (κ2) is 6.17. The lowest BCUT2D eigenvalue weighted by atomic mass is 9.85. The number of amidine groups is 1. The van der Waals surface area contributed by atoms with Crippen LogP contribution in [0.2, 0.25) is 0 Å². The number of nitrogens with zero attached hydrogens (tertiary/aromatic N) is 2.